The summed E-state index contributed by atoms with van der Waals surface area (Å²) in [6.45, 7) is 0. The minimum absolute atomic E-state index is 0.0853. The van der Waals surface area contributed by atoms with Gasteiger partial charge in [0.05, 0.1) is 11.2 Å². The molecule has 0 saturated heterocycles. The molecule has 2 N–H and O–H groups in total. The van der Waals surface area contributed by atoms with Crippen molar-refractivity contribution >= 4 is 63.0 Å². The van der Waals surface area contributed by atoms with Gasteiger partial charge in [-0.05, 0) is 66.5 Å². The standard InChI is InChI=1S/C32H21N7O4S/c40-31(20-9-11-25(12-10-20)39(41)42)34-23-5-4-6-24(18-23)35-32-36-27-14-16-43-29(27)28(37-32)22-17-21-13-15-38(30(21)33-19-22)44-26-7-2-1-3-8-26/h1-19H,(H,34,40)(H,35,36,37). The fourth-order valence-corrected chi connectivity index (χ4v) is 5.52. The van der Waals surface area contributed by atoms with E-state index in [0.29, 0.717) is 39.7 Å². The first-order valence-corrected chi connectivity index (χ1v) is 14.2. The van der Waals surface area contributed by atoms with E-state index in [0.717, 1.165) is 21.5 Å². The molecule has 0 spiro atoms. The third-order valence-electron chi connectivity index (χ3n) is 6.73. The van der Waals surface area contributed by atoms with Gasteiger partial charge in [-0.1, -0.05) is 24.3 Å². The van der Waals surface area contributed by atoms with Crippen LogP contribution in [0.25, 0.3) is 33.4 Å². The molecule has 3 aromatic carbocycles. The van der Waals surface area contributed by atoms with Crippen molar-refractivity contribution < 1.29 is 14.1 Å². The second-order valence-corrected chi connectivity index (χ2v) is 10.7. The molecule has 11 nitrogen and oxygen atoms in total. The molecule has 0 aliphatic heterocycles. The Kier molecular flexibility index (Phi) is 6.93. The van der Waals surface area contributed by atoms with Crippen LogP contribution in [0.15, 0.2) is 125 Å². The Morgan fingerprint density at radius 2 is 1.73 bits per heavy atom. The summed E-state index contributed by atoms with van der Waals surface area (Å²) >= 11 is 1.59. The average molecular weight is 600 g/mol. The van der Waals surface area contributed by atoms with Crippen LogP contribution >= 0.6 is 11.9 Å². The van der Waals surface area contributed by atoms with Crippen LogP contribution in [0.5, 0.6) is 0 Å². The van der Waals surface area contributed by atoms with E-state index in [4.69, 9.17) is 14.4 Å². The molecule has 0 radical (unpaired) electrons. The van der Waals surface area contributed by atoms with Crippen molar-refractivity contribution in [1.82, 2.24) is 18.9 Å². The Labute approximate surface area is 253 Å². The van der Waals surface area contributed by atoms with Crippen LogP contribution in [0.2, 0.25) is 0 Å². The van der Waals surface area contributed by atoms with Crippen LogP contribution < -0.4 is 10.6 Å². The second-order valence-electron chi connectivity index (χ2n) is 9.68. The van der Waals surface area contributed by atoms with E-state index >= 15 is 0 Å². The zero-order valence-electron chi connectivity index (χ0n) is 22.7. The van der Waals surface area contributed by atoms with Crippen molar-refractivity contribution in [2.24, 2.45) is 0 Å². The number of rotatable bonds is 8. The number of carbonyl (C=O) groups excluding carboxylic acids is 1. The summed E-state index contributed by atoms with van der Waals surface area (Å²) in [5, 5.41) is 17.9. The van der Waals surface area contributed by atoms with Crippen LogP contribution in [-0.4, -0.2) is 29.8 Å². The number of carbonyl (C=O) groups is 1. The molecule has 4 heterocycles. The zero-order chi connectivity index (χ0) is 30.0. The normalized spacial score (nSPS) is 11.1. The maximum atomic E-state index is 12.7. The van der Waals surface area contributed by atoms with Gasteiger partial charge in [-0.15, -0.1) is 0 Å². The van der Waals surface area contributed by atoms with Gasteiger partial charge in [0.25, 0.3) is 11.6 Å². The van der Waals surface area contributed by atoms with Crippen LogP contribution in [0, 0.1) is 10.1 Å². The van der Waals surface area contributed by atoms with Gasteiger partial charge in [0, 0.05) is 63.4 Å². The molecule has 7 rings (SSSR count). The first kappa shape index (κ1) is 26.9. The largest absolute Gasteiger partial charge is 0.460 e. The van der Waals surface area contributed by atoms with Gasteiger partial charge in [-0.25, -0.2) is 15.0 Å². The Bertz CT molecular complexity index is 2160. The summed E-state index contributed by atoms with van der Waals surface area (Å²) in [6, 6.07) is 28.4. The molecular formula is C32H21N7O4S. The minimum Gasteiger partial charge on any atom is -0.460 e. The van der Waals surface area contributed by atoms with E-state index in [-0.39, 0.29) is 5.69 Å². The van der Waals surface area contributed by atoms with Crippen molar-refractivity contribution in [3.05, 3.63) is 131 Å². The molecule has 214 valence electrons. The van der Waals surface area contributed by atoms with E-state index in [1.54, 1.807) is 48.7 Å². The van der Waals surface area contributed by atoms with Crippen molar-refractivity contribution in [1.29, 1.82) is 0 Å². The van der Waals surface area contributed by atoms with E-state index < -0.39 is 10.8 Å². The first-order valence-electron chi connectivity index (χ1n) is 13.4. The maximum Gasteiger partial charge on any atom is 0.269 e. The summed E-state index contributed by atoms with van der Waals surface area (Å²) in [5.74, 6) is -0.0562. The molecule has 0 atom stereocenters. The number of hydrogen-bond donors (Lipinski definition) is 2. The van der Waals surface area contributed by atoms with Crippen molar-refractivity contribution in [3.63, 3.8) is 0 Å². The lowest BCUT2D eigenvalue weighted by molar-refractivity contribution is -0.384. The molecule has 0 aliphatic rings. The molecule has 12 heteroatoms. The molecule has 0 unspecified atom stereocenters. The van der Waals surface area contributed by atoms with Gasteiger partial charge in [0.15, 0.2) is 5.58 Å². The van der Waals surface area contributed by atoms with Crippen LogP contribution in [0.4, 0.5) is 23.0 Å². The molecule has 4 aromatic heterocycles. The Hall–Kier alpha value is -6.01. The lowest BCUT2D eigenvalue weighted by atomic mass is 10.1. The first-order chi connectivity index (χ1) is 21.5. The van der Waals surface area contributed by atoms with Crippen molar-refractivity contribution in [2.45, 2.75) is 4.90 Å². The SMILES string of the molecule is O=C(Nc1cccc(Nc2nc(-c3cnc4c(ccn4Sc4ccccc4)c3)c3occc3n2)c1)c1ccc([N+](=O)[O-])cc1. The number of nitro groups is 1. The highest BCUT2D eigenvalue weighted by Gasteiger charge is 2.16. The van der Waals surface area contributed by atoms with E-state index in [1.165, 1.54) is 24.3 Å². The van der Waals surface area contributed by atoms with Crippen molar-refractivity contribution in [3.8, 4) is 11.3 Å². The smallest absolute Gasteiger partial charge is 0.269 e. The van der Waals surface area contributed by atoms with Gasteiger partial charge in [0.2, 0.25) is 5.95 Å². The van der Waals surface area contributed by atoms with Gasteiger partial charge in [-0.2, -0.15) is 0 Å². The predicted molar refractivity (Wildman–Crippen MR) is 169 cm³/mol. The molecule has 0 saturated carbocycles. The third kappa shape index (κ3) is 5.44. The van der Waals surface area contributed by atoms with Crippen molar-refractivity contribution in [2.75, 3.05) is 10.6 Å². The number of benzene rings is 3. The number of amides is 1. The summed E-state index contributed by atoms with van der Waals surface area (Å²) < 4.78 is 7.78. The summed E-state index contributed by atoms with van der Waals surface area (Å²) in [4.78, 5) is 38.3. The quantitative estimate of drug-likeness (QED) is 0.133. The number of aromatic nitrogens is 4. The predicted octanol–water partition coefficient (Wildman–Crippen LogP) is 7.70. The number of hydrogen-bond acceptors (Lipinski definition) is 9. The highest BCUT2D eigenvalue weighted by molar-refractivity contribution is 7.98. The number of nitrogens with zero attached hydrogens (tertiary/aromatic N) is 5. The second kappa shape index (κ2) is 11.3. The maximum absolute atomic E-state index is 12.7. The minimum atomic E-state index is -0.511. The number of nitrogens with one attached hydrogen (secondary N) is 2. The molecule has 0 fully saturated rings. The highest BCUT2D eigenvalue weighted by Crippen LogP contribution is 2.32. The fraction of sp³-hybridized carbons (Fsp3) is 0. The van der Waals surface area contributed by atoms with E-state index in [1.807, 2.05) is 46.6 Å². The molecular weight excluding hydrogens is 578 g/mol. The topological polar surface area (TPSA) is 141 Å². The van der Waals surface area contributed by atoms with Gasteiger partial charge in [-0.3, -0.25) is 18.9 Å². The van der Waals surface area contributed by atoms with Gasteiger partial charge >= 0.3 is 0 Å². The fourth-order valence-electron chi connectivity index (χ4n) is 4.65. The van der Waals surface area contributed by atoms with Gasteiger partial charge < -0.3 is 15.1 Å². The lowest BCUT2D eigenvalue weighted by Crippen LogP contribution is -2.12. The number of anilines is 3. The monoisotopic (exact) mass is 599 g/mol. The number of non-ortho nitro benzene ring substituents is 1. The molecule has 1 amide bonds. The van der Waals surface area contributed by atoms with E-state index in [2.05, 4.69) is 27.8 Å². The summed E-state index contributed by atoms with van der Waals surface area (Å²) in [6.07, 6.45) is 5.33. The van der Waals surface area contributed by atoms with Crippen LogP contribution in [0.1, 0.15) is 10.4 Å². The third-order valence-corrected chi connectivity index (χ3v) is 7.71. The number of pyridine rings is 1. The number of nitro benzene ring substituents is 1. The van der Waals surface area contributed by atoms with E-state index in [9.17, 15) is 14.9 Å². The Balaban J connectivity index is 1.14. The van der Waals surface area contributed by atoms with Crippen LogP contribution in [-0.2, 0) is 0 Å². The molecule has 0 bridgehead atoms. The number of furan rings is 1. The Morgan fingerprint density at radius 3 is 2.55 bits per heavy atom. The van der Waals surface area contributed by atoms with Crippen LogP contribution in [0.3, 0.4) is 0 Å². The number of fused-ring (bicyclic) bond motifs is 2. The lowest BCUT2D eigenvalue weighted by Gasteiger charge is -2.10. The Morgan fingerprint density at radius 1 is 0.909 bits per heavy atom. The highest BCUT2D eigenvalue weighted by atomic mass is 32.2. The zero-order valence-corrected chi connectivity index (χ0v) is 23.6. The molecule has 44 heavy (non-hydrogen) atoms. The average Bonchev–Trinajstić information content (AvgIpc) is 3.68. The summed E-state index contributed by atoms with van der Waals surface area (Å²) in [5.41, 5.74) is 4.73. The summed E-state index contributed by atoms with van der Waals surface area (Å²) in [7, 11) is 0. The molecule has 7 aromatic rings. The van der Waals surface area contributed by atoms with Gasteiger partial charge in [0.1, 0.15) is 16.9 Å². The molecule has 0 aliphatic carbocycles.